The van der Waals surface area contributed by atoms with E-state index in [0.717, 1.165) is 0 Å². The highest BCUT2D eigenvalue weighted by Crippen LogP contribution is 2.36. The van der Waals surface area contributed by atoms with Gasteiger partial charge in [0.2, 0.25) is 0 Å². The molecule has 4 N–H and O–H groups in total. The molecule has 0 aromatic heterocycles. The standard InChI is InChI=1S/C11H13NO4/c13-6-11(4-5-11)12-10(16)9-7(14)2-1-3-8(9)15/h1-3,13-15H,4-6H2,(H,12,16). The van der Waals surface area contributed by atoms with Crippen LogP contribution in [0.1, 0.15) is 23.2 Å². The molecule has 1 aliphatic carbocycles. The van der Waals surface area contributed by atoms with E-state index in [1.165, 1.54) is 18.2 Å². The number of benzene rings is 1. The quantitative estimate of drug-likeness (QED) is 0.595. The van der Waals surface area contributed by atoms with Gasteiger partial charge in [0.1, 0.15) is 17.1 Å². The van der Waals surface area contributed by atoms with Crippen LogP contribution < -0.4 is 5.32 Å². The highest BCUT2D eigenvalue weighted by molar-refractivity contribution is 6.00. The first-order valence-electron chi connectivity index (χ1n) is 5.02. The number of phenols is 2. The van der Waals surface area contributed by atoms with E-state index >= 15 is 0 Å². The average Bonchev–Trinajstić information content (AvgIpc) is 2.98. The van der Waals surface area contributed by atoms with Gasteiger partial charge in [-0.25, -0.2) is 0 Å². The minimum absolute atomic E-state index is 0.132. The van der Waals surface area contributed by atoms with Crippen LogP contribution in [-0.2, 0) is 0 Å². The Morgan fingerprint density at radius 3 is 2.31 bits per heavy atom. The van der Waals surface area contributed by atoms with Gasteiger partial charge in [-0.2, -0.15) is 0 Å². The Morgan fingerprint density at radius 1 is 1.31 bits per heavy atom. The Labute approximate surface area is 92.3 Å². The highest BCUT2D eigenvalue weighted by Gasteiger charge is 2.44. The Hall–Kier alpha value is -1.75. The van der Waals surface area contributed by atoms with Crippen LogP contribution in [0.5, 0.6) is 11.5 Å². The molecule has 0 spiro atoms. The Balaban J connectivity index is 2.21. The lowest BCUT2D eigenvalue weighted by Gasteiger charge is -2.15. The van der Waals surface area contributed by atoms with Crippen molar-refractivity contribution in [2.75, 3.05) is 6.61 Å². The molecule has 0 aliphatic heterocycles. The van der Waals surface area contributed by atoms with Gasteiger partial charge >= 0.3 is 0 Å². The summed E-state index contributed by atoms with van der Waals surface area (Å²) < 4.78 is 0. The maximum absolute atomic E-state index is 11.8. The van der Waals surface area contributed by atoms with Crippen LogP contribution in [0.4, 0.5) is 0 Å². The SMILES string of the molecule is O=C(NC1(CO)CC1)c1c(O)cccc1O. The Kier molecular flexibility index (Phi) is 2.47. The van der Waals surface area contributed by atoms with Crippen molar-refractivity contribution >= 4 is 5.91 Å². The van der Waals surface area contributed by atoms with Gasteiger partial charge in [-0.3, -0.25) is 4.79 Å². The second kappa shape index (κ2) is 3.68. The van der Waals surface area contributed by atoms with Gasteiger partial charge in [-0.05, 0) is 25.0 Å². The second-order valence-corrected chi connectivity index (χ2v) is 4.06. The fourth-order valence-corrected chi connectivity index (χ4v) is 1.54. The molecule has 0 unspecified atom stereocenters. The van der Waals surface area contributed by atoms with Crippen molar-refractivity contribution in [3.63, 3.8) is 0 Å². The van der Waals surface area contributed by atoms with Gasteiger partial charge in [-0.15, -0.1) is 0 Å². The lowest BCUT2D eigenvalue weighted by atomic mass is 10.1. The average molecular weight is 223 g/mol. The zero-order valence-corrected chi connectivity index (χ0v) is 8.60. The summed E-state index contributed by atoms with van der Waals surface area (Å²) in [6, 6.07) is 4.10. The number of nitrogens with one attached hydrogen (secondary N) is 1. The van der Waals surface area contributed by atoms with Crippen LogP contribution >= 0.6 is 0 Å². The van der Waals surface area contributed by atoms with E-state index in [1.807, 2.05) is 0 Å². The Bertz CT molecular complexity index is 406. The van der Waals surface area contributed by atoms with Crippen molar-refractivity contribution in [2.45, 2.75) is 18.4 Å². The third-order valence-electron chi connectivity index (χ3n) is 2.78. The van der Waals surface area contributed by atoms with Gasteiger partial charge in [0, 0.05) is 0 Å². The van der Waals surface area contributed by atoms with E-state index in [4.69, 9.17) is 5.11 Å². The predicted molar refractivity (Wildman–Crippen MR) is 56.3 cm³/mol. The molecule has 1 saturated carbocycles. The molecule has 0 atom stereocenters. The van der Waals surface area contributed by atoms with Crippen molar-refractivity contribution in [1.29, 1.82) is 0 Å². The summed E-state index contributed by atoms with van der Waals surface area (Å²) in [4.78, 5) is 11.8. The lowest BCUT2D eigenvalue weighted by Crippen LogP contribution is -2.39. The van der Waals surface area contributed by atoms with E-state index in [-0.39, 0.29) is 23.7 Å². The van der Waals surface area contributed by atoms with E-state index < -0.39 is 11.4 Å². The van der Waals surface area contributed by atoms with Gasteiger partial charge in [0.25, 0.3) is 5.91 Å². The van der Waals surface area contributed by atoms with Crippen molar-refractivity contribution in [1.82, 2.24) is 5.32 Å². The van der Waals surface area contributed by atoms with Crippen molar-refractivity contribution in [3.05, 3.63) is 23.8 Å². The molecule has 16 heavy (non-hydrogen) atoms. The number of carbonyl (C=O) groups excluding carboxylic acids is 1. The molecule has 1 amide bonds. The molecule has 1 aromatic carbocycles. The first kappa shape index (κ1) is 10.8. The van der Waals surface area contributed by atoms with Crippen molar-refractivity contribution in [2.24, 2.45) is 0 Å². The van der Waals surface area contributed by atoms with Crippen LogP contribution in [0.3, 0.4) is 0 Å². The number of carbonyl (C=O) groups is 1. The summed E-state index contributed by atoms with van der Waals surface area (Å²) in [5, 5.41) is 30.6. The first-order valence-corrected chi connectivity index (χ1v) is 5.02. The predicted octanol–water partition coefficient (Wildman–Crippen LogP) is 0.352. The molecule has 1 fully saturated rings. The fourth-order valence-electron chi connectivity index (χ4n) is 1.54. The largest absolute Gasteiger partial charge is 0.507 e. The van der Waals surface area contributed by atoms with Crippen molar-refractivity contribution in [3.8, 4) is 11.5 Å². The maximum atomic E-state index is 11.8. The number of rotatable bonds is 3. The van der Waals surface area contributed by atoms with Gasteiger partial charge < -0.3 is 20.6 Å². The zero-order chi connectivity index (χ0) is 11.8. The van der Waals surface area contributed by atoms with Crippen LogP contribution in [0.25, 0.3) is 0 Å². The summed E-state index contributed by atoms with van der Waals surface area (Å²) >= 11 is 0. The molecule has 2 rings (SSSR count). The summed E-state index contributed by atoms with van der Waals surface area (Å²) in [5.74, 6) is -1.11. The molecule has 0 bridgehead atoms. The fraction of sp³-hybridized carbons (Fsp3) is 0.364. The number of hydrogen-bond acceptors (Lipinski definition) is 4. The minimum Gasteiger partial charge on any atom is -0.507 e. The molecule has 1 aliphatic rings. The third-order valence-corrected chi connectivity index (χ3v) is 2.78. The summed E-state index contributed by atoms with van der Waals surface area (Å²) in [7, 11) is 0. The number of aliphatic hydroxyl groups is 1. The van der Waals surface area contributed by atoms with Crippen LogP contribution in [-0.4, -0.2) is 33.4 Å². The van der Waals surface area contributed by atoms with Crippen LogP contribution in [0.2, 0.25) is 0 Å². The monoisotopic (exact) mass is 223 g/mol. The number of amides is 1. The molecular weight excluding hydrogens is 210 g/mol. The smallest absolute Gasteiger partial charge is 0.259 e. The first-order chi connectivity index (χ1) is 7.58. The number of phenolic OH excluding ortho intramolecular Hbond substituents is 2. The van der Waals surface area contributed by atoms with Crippen LogP contribution in [0.15, 0.2) is 18.2 Å². The van der Waals surface area contributed by atoms with E-state index in [0.29, 0.717) is 12.8 Å². The number of hydrogen-bond donors (Lipinski definition) is 4. The van der Waals surface area contributed by atoms with E-state index in [9.17, 15) is 15.0 Å². The third kappa shape index (κ3) is 1.81. The lowest BCUT2D eigenvalue weighted by molar-refractivity contribution is 0.0901. The Morgan fingerprint density at radius 2 is 1.88 bits per heavy atom. The topological polar surface area (TPSA) is 89.8 Å². The van der Waals surface area contributed by atoms with Crippen molar-refractivity contribution < 1.29 is 20.1 Å². The number of aromatic hydroxyl groups is 2. The second-order valence-electron chi connectivity index (χ2n) is 4.06. The molecule has 1 aromatic rings. The van der Waals surface area contributed by atoms with Gasteiger partial charge in [0.15, 0.2) is 0 Å². The maximum Gasteiger partial charge on any atom is 0.259 e. The van der Waals surface area contributed by atoms with Crippen LogP contribution in [0, 0.1) is 0 Å². The van der Waals surface area contributed by atoms with Gasteiger partial charge in [-0.1, -0.05) is 6.07 Å². The van der Waals surface area contributed by atoms with E-state index in [2.05, 4.69) is 5.32 Å². The molecule has 86 valence electrons. The highest BCUT2D eigenvalue weighted by atomic mass is 16.3. The molecule has 0 heterocycles. The molecule has 5 nitrogen and oxygen atoms in total. The molecular formula is C11H13NO4. The summed E-state index contributed by atoms with van der Waals surface area (Å²) in [5.41, 5.74) is -0.714. The molecule has 0 saturated heterocycles. The summed E-state index contributed by atoms with van der Waals surface area (Å²) in [6.45, 7) is -0.132. The number of aliphatic hydroxyl groups excluding tert-OH is 1. The normalized spacial score (nSPS) is 16.8. The summed E-state index contributed by atoms with van der Waals surface area (Å²) in [6.07, 6.45) is 1.42. The van der Waals surface area contributed by atoms with Gasteiger partial charge in [0.05, 0.1) is 12.1 Å². The molecule has 5 heteroatoms. The zero-order valence-electron chi connectivity index (χ0n) is 8.60. The molecule has 0 radical (unpaired) electrons. The minimum atomic E-state index is -0.567. The van der Waals surface area contributed by atoms with E-state index in [1.54, 1.807) is 0 Å².